The average Bonchev–Trinajstić information content (AvgIpc) is 2.29. The van der Waals surface area contributed by atoms with Gasteiger partial charge >= 0.3 is 0 Å². The summed E-state index contributed by atoms with van der Waals surface area (Å²) in [6.07, 6.45) is 2.34. The summed E-state index contributed by atoms with van der Waals surface area (Å²) in [5.41, 5.74) is 7.76. The lowest BCUT2D eigenvalue weighted by atomic mass is 10.1. The number of hydrogen-bond acceptors (Lipinski definition) is 2. The van der Waals surface area contributed by atoms with Crippen molar-refractivity contribution in [3.8, 4) is 0 Å². The van der Waals surface area contributed by atoms with Gasteiger partial charge in [-0.1, -0.05) is 29.8 Å². The molecular weight excluding hydrogens is 212 g/mol. The second-order valence-electron chi connectivity index (χ2n) is 4.45. The monoisotopic (exact) mass is 234 g/mol. The van der Waals surface area contributed by atoms with E-state index in [-0.39, 0.29) is 11.9 Å². The molecule has 0 aromatic heterocycles. The lowest BCUT2D eigenvalue weighted by Gasteiger charge is -2.14. The Bertz CT molecular complexity index is 363. The molecule has 1 aromatic carbocycles. The molecule has 3 N–H and O–H groups in total. The van der Waals surface area contributed by atoms with Crippen LogP contribution in [0.4, 0.5) is 0 Å². The zero-order valence-electron chi connectivity index (χ0n) is 10.7. The van der Waals surface area contributed by atoms with E-state index in [1.807, 2.05) is 19.1 Å². The molecule has 1 rings (SSSR count). The number of benzene rings is 1. The van der Waals surface area contributed by atoms with E-state index < -0.39 is 0 Å². The Balaban J connectivity index is 2.43. The third kappa shape index (κ3) is 5.00. The van der Waals surface area contributed by atoms with Gasteiger partial charge in [0, 0.05) is 6.42 Å². The second kappa shape index (κ2) is 7.07. The Hall–Kier alpha value is -1.35. The molecule has 1 aromatic rings. The van der Waals surface area contributed by atoms with Crippen molar-refractivity contribution < 1.29 is 4.79 Å². The molecule has 0 radical (unpaired) electrons. The molecule has 3 nitrogen and oxygen atoms in total. The van der Waals surface area contributed by atoms with Crippen LogP contribution >= 0.6 is 0 Å². The van der Waals surface area contributed by atoms with Crippen LogP contribution in [-0.4, -0.2) is 12.5 Å². The Labute approximate surface area is 103 Å². The van der Waals surface area contributed by atoms with Crippen molar-refractivity contribution in [2.45, 2.75) is 39.2 Å². The number of hydrogen-bond donors (Lipinski definition) is 2. The maximum absolute atomic E-state index is 11.6. The third-order valence-electron chi connectivity index (χ3n) is 2.78. The van der Waals surface area contributed by atoms with Crippen molar-refractivity contribution >= 4 is 5.91 Å². The van der Waals surface area contributed by atoms with Crippen LogP contribution in [0.15, 0.2) is 24.3 Å². The number of amides is 1. The lowest BCUT2D eigenvalue weighted by Crippen LogP contribution is -2.26. The largest absolute Gasteiger partial charge is 0.350 e. The number of nitrogens with two attached hydrogens (primary N) is 1. The number of carbonyl (C=O) groups is 1. The first-order chi connectivity index (χ1) is 8.13. The molecule has 94 valence electrons. The highest BCUT2D eigenvalue weighted by Gasteiger charge is 2.08. The molecule has 0 bridgehead atoms. The van der Waals surface area contributed by atoms with E-state index in [9.17, 15) is 4.79 Å². The SMILES string of the molecule is Cc1cccc([C@@H](C)NC(=O)CCCCN)c1. The van der Waals surface area contributed by atoms with Gasteiger partial charge in [0.1, 0.15) is 0 Å². The summed E-state index contributed by atoms with van der Waals surface area (Å²) < 4.78 is 0. The lowest BCUT2D eigenvalue weighted by molar-refractivity contribution is -0.121. The van der Waals surface area contributed by atoms with E-state index in [1.54, 1.807) is 0 Å². The minimum Gasteiger partial charge on any atom is -0.350 e. The van der Waals surface area contributed by atoms with Gasteiger partial charge in [-0.25, -0.2) is 0 Å². The van der Waals surface area contributed by atoms with Crippen LogP contribution in [0.1, 0.15) is 43.4 Å². The van der Waals surface area contributed by atoms with Gasteiger partial charge in [0.25, 0.3) is 0 Å². The smallest absolute Gasteiger partial charge is 0.220 e. The van der Waals surface area contributed by atoms with Gasteiger partial charge in [-0.05, 0) is 38.8 Å². The topological polar surface area (TPSA) is 55.1 Å². The van der Waals surface area contributed by atoms with Gasteiger partial charge in [-0.3, -0.25) is 4.79 Å². The van der Waals surface area contributed by atoms with Crippen LogP contribution < -0.4 is 11.1 Å². The Morgan fingerprint density at radius 1 is 1.41 bits per heavy atom. The standard InChI is InChI=1S/C14H22N2O/c1-11-6-5-7-13(10-11)12(2)16-14(17)8-3-4-9-15/h5-7,10,12H,3-4,8-9,15H2,1-2H3,(H,16,17)/t12-/m1/s1. The summed E-state index contributed by atoms with van der Waals surface area (Å²) >= 11 is 0. The van der Waals surface area contributed by atoms with Crippen molar-refractivity contribution in [1.29, 1.82) is 0 Å². The van der Waals surface area contributed by atoms with E-state index in [0.29, 0.717) is 13.0 Å². The number of aryl methyl sites for hydroxylation is 1. The normalized spacial score (nSPS) is 12.2. The molecule has 3 heteroatoms. The molecule has 1 amide bonds. The van der Waals surface area contributed by atoms with Crippen LogP contribution in [0.2, 0.25) is 0 Å². The summed E-state index contributed by atoms with van der Waals surface area (Å²) in [4.78, 5) is 11.6. The van der Waals surface area contributed by atoms with Gasteiger partial charge in [0.15, 0.2) is 0 Å². The Morgan fingerprint density at radius 2 is 2.18 bits per heavy atom. The Kier molecular flexibility index (Phi) is 5.70. The summed E-state index contributed by atoms with van der Waals surface area (Å²) in [7, 11) is 0. The fourth-order valence-corrected chi connectivity index (χ4v) is 1.77. The van der Waals surface area contributed by atoms with Crippen LogP contribution in [0.5, 0.6) is 0 Å². The average molecular weight is 234 g/mol. The van der Waals surface area contributed by atoms with Gasteiger partial charge in [-0.15, -0.1) is 0 Å². The molecule has 0 fully saturated rings. The molecule has 0 saturated carbocycles. The molecular formula is C14H22N2O. The minimum absolute atomic E-state index is 0.0697. The fourth-order valence-electron chi connectivity index (χ4n) is 1.77. The van der Waals surface area contributed by atoms with Crippen molar-refractivity contribution in [2.75, 3.05) is 6.54 Å². The van der Waals surface area contributed by atoms with Crippen molar-refractivity contribution in [2.24, 2.45) is 5.73 Å². The molecule has 0 unspecified atom stereocenters. The highest BCUT2D eigenvalue weighted by atomic mass is 16.1. The predicted molar refractivity (Wildman–Crippen MR) is 70.6 cm³/mol. The number of rotatable bonds is 6. The fraction of sp³-hybridized carbons (Fsp3) is 0.500. The van der Waals surface area contributed by atoms with Crippen molar-refractivity contribution in [3.63, 3.8) is 0 Å². The van der Waals surface area contributed by atoms with Crippen LogP contribution in [0, 0.1) is 6.92 Å². The summed E-state index contributed by atoms with van der Waals surface area (Å²) in [5.74, 6) is 0.104. The molecule has 0 saturated heterocycles. The minimum atomic E-state index is 0.0697. The van der Waals surface area contributed by atoms with Gasteiger partial charge in [-0.2, -0.15) is 0 Å². The maximum atomic E-state index is 11.6. The van der Waals surface area contributed by atoms with Gasteiger partial charge < -0.3 is 11.1 Å². The molecule has 0 spiro atoms. The van der Waals surface area contributed by atoms with E-state index in [4.69, 9.17) is 5.73 Å². The molecule has 0 aliphatic rings. The van der Waals surface area contributed by atoms with Crippen molar-refractivity contribution in [3.05, 3.63) is 35.4 Å². The molecule has 1 atom stereocenters. The zero-order valence-corrected chi connectivity index (χ0v) is 10.7. The molecule has 0 heterocycles. The van der Waals surface area contributed by atoms with Crippen LogP contribution in [-0.2, 0) is 4.79 Å². The number of carbonyl (C=O) groups excluding carboxylic acids is 1. The van der Waals surface area contributed by atoms with E-state index in [0.717, 1.165) is 18.4 Å². The second-order valence-corrected chi connectivity index (χ2v) is 4.45. The first-order valence-corrected chi connectivity index (χ1v) is 6.19. The first-order valence-electron chi connectivity index (χ1n) is 6.19. The predicted octanol–water partition coefficient (Wildman–Crippen LogP) is 2.30. The Morgan fingerprint density at radius 3 is 2.82 bits per heavy atom. The highest BCUT2D eigenvalue weighted by molar-refractivity contribution is 5.76. The molecule has 17 heavy (non-hydrogen) atoms. The quantitative estimate of drug-likeness (QED) is 0.742. The molecule has 0 aliphatic heterocycles. The summed E-state index contributed by atoms with van der Waals surface area (Å²) in [6, 6.07) is 8.28. The third-order valence-corrected chi connectivity index (χ3v) is 2.78. The highest BCUT2D eigenvalue weighted by Crippen LogP contribution is 2.13. The van der Waals surface area contributed by atoms with Gasteiger partial charge in [0.2, 0.25) is 5.91 Å². The number of nitrogens with one attached hydrogen (secondary N) is 1. The molecule has 0 aliphatic carbocycles. The summed E-state index contributed by atoms with van der Waals surface area (Å²) in [5, 5.41) is 3.00. The zero-order chi connectivity index (χ0) is 12.7. The summed E-state index contributed by atoms with van der Waals surface area (Å²) in [6.45, 7) is 4.72. The first kappa shape index (κ1) is 13.7. The van der Waals surface area contributed by atoms with E-state index >= 15 is 0 Å². The van der Waals surface area contributed by atoms with Crippen LogP contribution in [0.3, 0.4) is 0 Å². The van der Waals surface area contributed by atoms with Crippen LogP contribution in [0.25, 0.3) is 0 Å². The van der Waals surface area contributed by atoms with E-state index in [1.165, 1.54) is 5.56 Å². The van der Waals surface area contributed by atoms with E-state index in [2.05, 4.69) is 24.4 Å². The number of unbranched alkanes of at least 4 members (excludes halogenated alkanes) is 1. The van der Waals surface area contributed by atoms with Crippen molar-refractivity contribution in [1.82, 2.24) is 5.32 Å². The van der Waals surface area contributed by atoms with Gasteiger partial charge in [0.05, 0.1) is 6.04 Å². The maximum Gasteiger partial charge on any atom is 0.220 e.